The first-order valence-corrected chi connectivity index (χ1v) is 8.82. The van der Waals surface area contributed by atoms with Gasteiger partial charge >= 0.3 is 0 Å². The fourth-order valence-electron chi connectivity index (χ4n) is 3.21. The Labute approximate surface area is 160 Å². The summed E-state index contributed by atoms with van der Waals surface area (Å²) in [4.78, 5) is 11.8. The van der Waals surface area contributed by atoms with Gasteiger partial charge in [0.2, 0.25) is 5.88 Å². The molecule has 0 radical (unpaired) electrons. The molecule has 0 amide bonds. The van der Waals surface area contributed by atoms with Gasteiger partial charge in [-0.25, -0.2) is 9.97 Å². The number of rotatable bonds is 3. The van der Waals surface area contributed by atoms with Crippen molar-refractivity contribution in [3.63, 3.8) is 0 Å². The van der Waals surface area contributed by atoms with Crippen LogP contribution < -0.4 is 0 Å². The summed E-state index contributed by atoms with van der Waals surface area (Å²) < 4.78 is 0. The summed E-state index contributed by atoms with van der Waals surface area (Å²) in [6.07, 6.45) is 1.70. The summed E-state index contributed by atoms with van der Waals surface area (Å²) >= 11 is 0. The lowest BCUT2D eigenvalue weighted by Gasteiger charge is -2.06. The molecule has 3 heterocycles. The number of fused-ring (bicyclic) bond motifs is 2. The summed E-state index contributed by atoms with van der Waals surface area (Å²) in [7, 11) is 0. The van der Waals surface area contributed by atoms with Crippen LogP contribution in [0.25, 0.3) is 33.1 Å². The van der Waals surface area contributed by atoms with Crippen molar-refractivity contribution in [2.75, 3.05) is 0 Å². The molecular formula is C22H15N5O. The maximum Gasteiger partial charge on any atom is 0.218 e. The number of hydrogen-bond donors (Lipinski definition) is 2. The van der Waals surface area contributed by atoms with Crippen LogP contribution in [-0.2, 0) is 0 Å². The van der Waals surface area contributed by atoms with Crippen molar-refractivity contribution < 1.29 is 5.11 Å². The van der Waals surface area contributed by atoms with Crippen molar-refractivity contribution in [1.29, 1.82) is 0 Å². The summed E-state index contributed by atoms with van der Waals surface area (Å²) in [5.74, 6) is 0.423. The number of aromatic nitrogens is 3. The van der Waals surface area contributed by atoms with E-state index in [4.69, 9.17) is 0 Å². The second-order valence-electron chi connectivity index (χ2n) is 6.34. The first-order chi connectivity index (χ1) is 13.8. The zero-order valence-electron chi connectivity index (χ0n) is 14.7. The van der Waals surface area contributed by atoms with E-state index in [9.17, 15) is 5.11 Å². The van der Waals surface area contributed by atoms with Crippen LogP contribution in [0.3, 0.4) is 0 Å². The van der Waals surface area contributed by atoms with E-state index in [-0.39, 0.29) is 5.88 Å². The molecule has 134 valence electrons. The zero-order valence-corrected chi connectivity index (χ0v) is 14.7. The topological polar surface area (TPSA) is 86.5 Å². The van der Waals surface area contributed by atoms with Gasteiger partial charge in [0.1, 0.15) is 0 Å². The Balaban J connectivity index is 1.69. The van der Waals surface area contributed by atoms with E-state index in [0.29, 0.717) is 17.2 Å². The molecule has 6 heteroatoms. The molecule has 0 saturated heterocycles. The van der Waals surface area contributed by atoms with Crippen LogP contribution in [0.4, 0.5) is 11.5 Å². The van der Waals surface area contributed by atoms with Gasteiger partial charge in [-0.15, -0.1) is 10.2 Å². The van der Waals surface area contributed by atoms with Crippen molar-refractivity contribution in [2.45, 2.75) is 0 Å². The third kappa shape index (κ3) is 2.77. The van der Waals surface area contributed by atoms with E-state index >= 15 is 0 Å². The lowest BCUT2D eigenvalue weighted by Crippen LogP contribution is -1.87. The zero-order chi connectivity index (χ0) is 18.9. The minimum Gasteiger partial charge on any atom is -0.493 e. The van der Waals surface area contributed by atoms with Crippen LogP contribution in [0.1, 0.15) is 0 Å². The van der Waals surface area contributed by atoms with Crippen molar-refractivity contribution in [3.8, 4) is 17.0 Å². The Morgan fingerprint density at radius 2 is 1.68 bits per heavy atom. The lowest BCUT2D eigenvalue weighted by molar-refractivity contribution is 0.459. The van der Waals surface area contributed by atoms with Crippen LogP contribution in [0.5, 0.6) is 5.88 Å². The third-order valence-electron chi connectivity index (χ3n) is 4.56. The molecule has 0 atom stereocenters. The van der Waals surface area contributed by atoms with Gasteiger partial charge < -0.3 is 10.1 Å². The van der Waals surface area contributed by atoms with Crippen LogP contribution in [0, 0.1) is 0 Å². The molecule has 0 fully saturated rings. The Bertz CT molecular complexity index is 1330. The number of H-pyrrole nitrogens is 1. The molecule has 28 heavy (non-hydrogen) atoms. The summed E-state index contributed by atoms with van der Waals surface area (Å²) in [6.45, 7) is 0. The fourth-order valence-corrected chi connectivity index (χ4v) is 3.21. The van der Waals surface area contributed by atoms with Crippen LogP contribution >= 0.6 is 0 Å². The summed E-state index contributed by atoms with van der Waals surface area (Å²) in [5.41, 5.74) is 3.62. The van der Waals surface area contributed by atoms with Gasteiger partial charge in [-0.3, -0.25) is 0 Å². The predicted octanol–water partition coefficient (Wildman–Crippen LogP) is 5.90. The van der Waals surface area contributed by atoms with E-state index in [2.05, 4.69) is 25.2 Å². The molecule has 0 aliphatic carbocycles. The number of pyridine rings is 2. The minimum atomic E-state index is -0.0230. The fraction of sp³-hybridized carbons (Fsp3) is 0. The Morgan fingerprint density at radius 1 is 0.857 bits per heavy atom. The SMILES string of the molecule is Oc1[nH]c2ccccc2c1N=Nc1nc2ncccc2cc1-c1ccccc1. The van der Waals surface area contributed by atoms with Gasteiger partial charge in [-0.05, 0) is 29.8 Å². The third-order valence-corrected chi connectivity index (χ3v) is 4.56. The summed E-state index contributed by atoms with van der Waals surface area (Å²) in [6, 6.07) is 23.3. The van der Waals surface area contributed by atoms with E-state index in [1.165, 1.54) is 0 Å². The molecule has 3 aromatic heterocycles. The Kier molecular flexibility index (Phi) is 3.80. The van der Waals surface area contributed by atoms with Gasteiger partial charge in [0.15, 0.2) is 17.2 Å². The van der Waals surface area contributed by atoms with Crippen molar-refractivity contribution in [2.24, 2.45) is 10.2 Å². The maximum absolute atomic E-state index is 10.2. The molecular weight excluding hydrogens is 350 g/mol. The van der Waals surface area contributed by atoms with Gasteiger partial charge in [0.25, 0.3) is 0 Å². The normalized spacial score (nSPS) is 11.6. The molecule has 0 unspecified atom stereocenters. The summed E-state index contributed by atoms with van der Waals surface area (Å²) in [5, 5.41) is 20.6. The van der Waals surface area contributed by atoms with E-state index < -0.39 is 0 Å². The number of nitrogens with zero attached hydrogens (tertiary/aromatic N) is 4. The molecule has 0 aliphatic heterocycles. The monoisotopic (exact) mass is 365 g/mol. The molecule has 2 aromatic carbocycles. The molecule has 0 aliphatic rings. The highest BCUT2D eigenvalue weighted by Gasteiger charge is 2.12. The molecule has 2 N–H and O–H groups in total. The van der Waals surface area contributed by atoms with E-state index in [0.717, 1.165) is 27.4 Å². The average Bonchev–Trinajstić information content (AvgIpc) is 3.07. The number of hydrogen-bond acceptors (Lipinski definition) is 5. The standard InChI is InChI=1S/C22H15N5O/c28-22-19(16-10-4-5-11-18(16)24-22)26-27-21-17(14-7-2-1-3-8-14)13-15-9-6-12-23-20(15)25-21/h1-13,24,28H. The Hall–Kier alpha value is -4.06. The highest BCUT2D eigenvalue weighted by Crippen LogP contribution is 2.37. The van der Waals surface area contributed by atoms with Gasteiger partial charge in [-0.1, -0.05) is 48.5 Å². The number of aromatic hydroxyl groups is 1. The van der Waals surface area contributed by atoms with E-state index in [1.807, 2.05) is 72.8 Å². The van der Waals surface area contributed by atoms with Gasteiger partial charge in [0.05, 0.1) is 5.52 Å². The van der Waals surface area contributed by atoms with Gasteiger partial charge in [-0.2, -0.15) is 0 Å². The molecule has 5 rings (SSSR count). The van der Waals surface area contributed by atoms with E-state index in [1.54, 1.807) is 6.20 Å². The highest BCUT2D eigenvalue weighted by molar-refractivity contribution is 5.94. The molecule has 0 bridgehead atoms. The van der Waals surface area contributed by atoms with Crippen molar-refractivity contribution in [1.82, 2.24) is 15.0 Å². The quantitative estimate of drug-likeness (QED) is 0.390. The first-order valence-electron chi connectivity index (χ1n) is 8.82. The first kappa shape index (κ1) is 16.1. The largest absolute Gasteiger partial charge is 0.493 e. The maximum atomic E-state index is 10.2. The van der Waals surface area contributed by atoms with Crippen LogP contribution in [0.15, 0.2) is 89.2 Å². The molecule has 6 nitrogen and oxygen atoms in total. The van der Waals surface area contributed by atoms with Crippen LogP contribution in [-0.4, -0.2) is 20.1 Å². The molecule has 5 aromatic rings. The minimum absolute atomic E-state index is 0.0230. The second kappa shape index (κ2) is 6.59. The molecule has 0 saturated carbocycles. The van der Waals surface area contributed by atoms with Crippen molar-refractivity contribution in [3.05, 3.63) is 79.0 Å². The average molecular weight is 365 g/mol. The van der Waals surface area contributed by atoms with Crippen LogP contribution in [0.2, 0.25) is 0 Å². The highest BCUT2D eigenvalue weighted by atomic mass is 16.3. The lowest BCUT2D eigenvalue weighted by atomic mass is 10.1. The number of nitrogens with one attached hydrogen (secondary N) is 1. The Morgan fingerprint density at radius 3 is 2.57 bits per heavy atom. The molecule has 0 spiro atoms. The van der Waals surface area contributed by atoms with Crippen molar-refractivity contribution >= 4 is 33.4 Å². The number of azo groups is 1. The number of para-hydroxylation sites is 1. The van der Waals surface area contributed by atoms with Gasteiger partial charge in [0, 0.05) is 22.5 Å². The number of benzene rings is 2. The number of aromatic amines is 1. The second-order valence-corrected chi connectivity index (χ2v) is 6.34. The smallest absolute Gasteiger partial charge is 0.218 e. The predicted molar refractivity (Wildman–Crippen MR) is 109 cm³/mol.